The number of hydrogen-bond acceptors (Lipinski definition) is 5. The van der Waals surface area contributed by atoms with E-state index in [0.29, 0.717) is 18.0 Å². The molecule has 1 aromatic carbocycles. The Hall–Kier alpha value is -2.60. The zero-order valence-electron chi connectivity index (χ0n) is 15.6. The maximum absolute atomic E-state index is 12.9. The van der Waals surface area contributed by atoms with Crippen LogP contribution in [0.15, 0.2) is 53.1 Å². The van der Waals surface area contributed by atoms with Gasteiger partial charge in [-0.1, -0.05) is 19.9 Å². The van der Waals surface area contributed by atoms with Crippen molar-refractivity contribution in [3.63, 3.8) is 0 Å². The van der Waals surface area contributed by atoms with Crippen molar-refractivity contribution in [2.45, 2.75) is 33.2 Å². The van der Waals surface area contributed by atoms with Gasteiger partial charge in [0.05, 0.1) is 12.2 Å². The maximum Gasteiger partial charge on any atom is 0.294 e. The van der Waals surface area contributed by atoms with Crippen molar-refractivity contribution in [2.75, 3.05) is 11.5 Å². The summed E-state index contributed by atoms with van der Waals surface area (Å²) in [6.45, 7) is 6.34. The van der Waals surface area contributed by atoms with Gasteiger partial charge >= 0.3 is 0 Å². The highest BCUT2D eigenvalue weighted by Gasteiger charge is 2.44. The smallest absolute Gasteiger partial charge is 0.294 e. The number of ketones is 1. The van der Waals surface area contributed by atoms with Crippen LogP contribution < -0.4 is 9.64 Å². The molecule has 3 rings (SSSR count). The number of rotatable bonds is 7. The lowest BCUT2D eigenvalue weighted by molar-refractivity contribution is -0.118. The number of ether oxygens (including phenoxy) is 1. The summed E-state index contributed by atoms with van der Waals surface area (Å²) in [4.78, 5) is 28.0. The summed E-state index contributed by atoms with van der Waals surface area (Å²) in [5.74, 6) is -0.356. The normalized spacial score (nSPS) is 17.1. The van der Waals surface area contributed by atoms with Crippen LogP contribution in [0.2, 0.25) is 0 Å². The van der Waals surface area contributed by atoms with Gasteiger partial charge < -0.3 is 9.84 Å². The van der Waals surface area contributed by atoms with Gasteiger partial charge in [-0.2, -0.15) is 0 Å². The van der Waals surface area contributed by atoms with Gasteiger partial charge in [0, 0.05) is 17.0 Å². The fourth-order valence-corrected chi connectivity index (χ4v) is 4.05. The molecule has 27 heavy (non-hydrogen) atoms. The Balaban J connectivity index is 2.03. The van der Waals surface area contributed by atoms with Crippen molar-refractivity contribution in [3.05, 3.63) is 58.0 Å². The Labute approximate surface area is 162 Å². The zero-order valence-corrected chi connectivity index (χ0v) is 16.5. The predicted molar refractivity (Wildman–Crippen MR) is 106 cm³/mol. The molecule has 1 amide bonds. The van der Waals surface area contributed by atoms with Crippen LogP contribution in [0.5, 0.6) is 5.75 Å². The standard InChI is InChI=1S/C21H23NO4S/c1-4-26-15-9-7-14(8-10-15)22-19(17-6-5-11-27-17)18(20(24)21(22)25)16(23)12-13(2)3/h5-11,13,19,24H,4,12H2,1-3H3. The van der Waals surface area contributed by atoms with Gasteiger partial charge in [0.1, 0.15) is 11.8 Å². The first-order chi connectivity index (χ1) is 12.9. The molecule has 5 nitrogen and oxygen atoms in total. The third kappa shape index (κ3) is 3.76. The van der Waals surface area contributed by atoms with Gasteiger partial charge in [0.2, 0.25) is 0 Å². The SMILES string of the molecule is CCOc1ccc(N2C(=O)C(O)=C(C(=O)CC(C)C)C2c2cccs2)cc1. The molecule has 0 fully saturated rings. The van der Waals surface area contributed by atoms with Crippen LogP contribution in [0, 0.1) is 5.92 Å². The van der Waals surface area contributed by atoms with Gasteiger partial charge in [0.15, 0.2) is 11.5 Å². The number of carbonyl (C=O) groups excluding carboxylic acids is 2. The van der Waals surface area contributed by atoms with Gasteiger partial charge in [-0.3, -0.25) is 14.5 Å². The summed E-state index contributed by atoms with van der Waals surface area (Å²) in [6.07, 6.45) is 0.283. The summed E-state index contributed by atoms with van der Waals surface area (Å²) >= 11 is 1.46. The minimum atomic E-state index is -0.610. The van der Waals surface area contributed by atoms with Crippen LogP contribution in [0.3, 0.4) is 0 Å². The van der Waals surface area contributed by atoms with E-state index >= 15 is 0 Å². The zero-order chi connectivity index (χ0) is 19.6. The quantitative estimate of drug-likeness (QED) is 0.753. The molecule has 1 unspecified atom stereocenters. The summed E-state index contributed by atoms with van der Waals surface area (Å²) in [5, 5.41) is 12.4. The molecule has 1 atom stereocenters. The average molecular weight is 385 g/mol. The van der Waals surface area contributed by atoms with Crippen LogP contribution >= 0.6 is 11.3 Å². The number of aliphatic hydroxyl groups is 1. The van der Waals surface area contributed by atoms with Crippen LogP contribution in [0.4, 0.5) is 5.69 Å². The minimum Gasteiger partial charge on any atom is -0.503 e. The molecule has 0 aliphatic carbocycles. The molecular weight excluding hydrogens is 362 g/mol. The third-order valence-corrected chi connectivity index (χ3v) is 5.27. The molecular formula is C21H23NO4S. The number of anilines is 1. The maximum atomic E-state index is 12.9. The lowest BCUT2D eigenvalue weighted by Gasteiger charge is -2.26. The number of hydrogen-bond donors (Lipinski definition) is 1. The Morgan fingerprint density at radius 3 is 2.52 bits per heavy atom. The molecule has 2 heterocycles. The second kappa shape index (κ2) is 7.96. The van der Waals surface area contributed by atoms with Gasteiger partial charge in [-0.15, -0.1) is 11.3 Å². The van der Waals surface area contributed by atoms with Crippen molar-refractivity contribution < 1.29 is 19.4 Å². The third-order valence-electron chi connectivity index (χ3n) is 4.34. The summed E-state index contributed by atoms with van der Waals surface area (Å²) < 4.78 is 5.46. The van der Waals surface area contributed by atoms with E-state index in [1.807, 2.05) is 38.3 Å². The van der Waals surface area contributed by atoms with E-state index < -0.39 is 17.7 Å². The van der Waals surface area contributed by atoms with Crippen LogP contribution in [0.1, 0.15) is 38.1 Å². The first-order valence-electron chi connectivity index (χ1n) is 9.00. The molecule has 1 aliphatic rings. The highest BCUT2D eigenvalue weighted by molar-refractivity contribution is 7.10. The lowest BCUT2D eigenvalue weighted by Crippen LogP contribution is -2.30. The molecule has 2 aromatic rings. The molecule has 0 radical (unpaired) electrons. The molecule has 1 aromatic heterocycles. The van der Waals surface area contributed by atoms with E-state index in [2.05, 4.69) is 0 Å². The molecule has 0 saturated heterocycles. The lowest BCUT2D eigenvalue weighted by atomic mass is 9.95. The Kier molecular flexibility index (Phi) is 5.65. The van der Waals surface area contributed by atoms with Gasteiger partial charge in [0.25, 0.3) is 5.91 Å². The second-order valence-electron chi connectivity index (χ2n) is 6.80. The molecule has 0 bridgehead atoms. The first-order valence-corrected chi connectivity index (χ1v) is 9.88. The number of benzene rings is 1. The largest absolute Gasteiger partial charge is 0.503 e. The molecule has 0 spiro atoms. The number of carbonyl (C=O) groups is 2. The van der Waals surface area contributed by atoms with E-state index in [-0.39, 0.29) is 23.7 Å². The number of Topliss-reactive ketones (excluding diaryl/α,β-unsaturated/α-hetero) is 1. The molecule has 0 saturated carbocycles. The first kappa shape index (κ1) is 19.2. The van der Waals surface area contributed by atoms with Crippen molar-refractivity contribution in [2.24, 2.45) is 5.92 Å². The number of nitrogens with zero attached hydrogens (tertiary/aromatic N) is 1. The van der Waals surface area contributed by atoms with E-state index in [1.165, 1.54) is 16.2 Å². The average Bonchev–Trinajstić information content (AvgIpc) is 3.23. The van der Waals surface area contributed by atoms with Gasteiger partial charge in [-0.05, 0) is 48.6 Å². The summed E-state index contributed by atoms with van der Waals surface area (Å²) in [7, 11) is 0. The highest BCUT2D eigenvalue weighted by atomic mass is 32.1. The van der Waals surface area contributed by atoms with E-state index in [0.717, 1.165) is 4.88 Å². The summed E-state index contributed by atoms with van der Waals surface area (Å²) in [6, 6.07) is 10.2. The van der Waals surface area contributed by atoms with Crippen molar-refractivity contribution in [1.29, 1.82) is 0 Å². The number of aliphatic hydroxyl groups excluding tert-OH is 1. The van der Waals surface area contributed by atoms with Crippen molar-refractivity contribution >= 4 is 28.7 Å². The predicted octanol–water partition coefficient (Wildman–Crippen LogP) is 4.66. The fraction of sp³-hybridized carbons (Fsp3) is 0.333. The molecule has 6 heteroatoms. The minimum absolute atomic E-state index is 0.136. The molecule has 1 N–H and O–H groups in total. The summed E-state index contributed by atoms with van der Waals surface area (Å²) in [5.41, 5.74) is 0.797. The molecule has 1 aliphatic heterocycles. The van der Waals surface area contributed by atoms with Crippen molar-refractivity contribution in [1.82, 2.24) is 0 Å². The Morgan fingerprint density at radius 2 is 1.96 bits per heavy atom. The number of thiophene rings is 1. The van der Waals surface area contributed by atoms with E-state index in [9.17, 15) is 14.7 Å². The fourth-order valence-electron chi connectivity index (χ4n) is 3.22. The Bertz CT molecular complexity index is 853. The van der Waals surface area contributed by atoms with Crippen LogP contribution in [-0.2, 0) is 9.59 Å². The Morgan fingerprint density at radius 1 is 1.26 bits per heavy atom. The van der Waals surface area contributed by atoms with Crippen LogP contribution in [0.25, 0.3) is 0 Å². The van der Waals surface area contributed by atoms with E-state index in [1.54, 1.807) is 24.3 Å². The van der Waals surface area contributed by atoms with E-state index in [4.69, 9.17) is 4.74 Å². The molecule has 142 valence electrons. The highest BCUT2D eigenvalue weighted by Crippen LogP contribution is 2.43. The second-order valence-corrected chi connectivity index (χ2v) is 7.78. The van der Waals surface area contributed by atoms with Crippen LogP contribution in [-0.4, -0.2) is 23.4 Å². The number of amides is 1. The van der Waals surface area contributed by atoms with Gasteiger partial charge in [-0.25, -0.2) is 0 Å². The monoisotopic (exact) mass is 385 g/mol. The van der Waals surface area contributed by atoms with Crippen molar-refractivity contribution in [3.8, 4) is 5.75 Å². The topological polar surface area (TPSA) is 66.8 Å².